The molecule has 0 spiro atoms. The first-order valence-corrected chi connectivity index (χ1v) is 7.71. The van der Waals surface area contributed by atoms with Gasteiger partial charge in [0.2, 0.25) is 0 Å². The lowest BCUT2D eigenvalue weighted by Crippen LogP contribution is -2.42. The molecular formula is C15H28ClN3O. The highest BCUT2D eigenvalue weighted by atomic mass is 35.5. The van der Waals surface area contributed by atoms with Crippen molar-refractivity contribution in [2.75, 3.05) is 13.7 Å². The number of rotatable bonds is 7. The van der Waals surface area contributed by atoms with E-state index >= 15 is 0 Å². The largest absolute Gasteiger partial charge is 0.379 e. The zero-order valence-corrected chi connectivity index (χ0v) is 14.3. The molecular weight excluding hydrogens is 274 g/mol. The van der Waals surface area contributed by atoms with E-state index in [-0.39, 0.29) is 17.6 Å². The first kappa shape index (κ1) is 17.5. The number of aromatic nitrogens is 2. The molecule has 0 radical (unpaired) electrons. The summed E-state index contributed by atoms with van der Waals surface area (Å²) in [5, 5.41) is 8.61. The van der Waals surface area contributed by atoms with Crippen LogP contribution < -0.4 is 5.32 Å². The fourth-order valence-corrected chi connectivity index (χ4v) is 2.89. The molecule has 116 valence electrons. The van der Waals surface area contributed by atoms with E-state index in [0.29, 0.717) is 5.02 Å². The molecule has 4 nitrogen and oxygen atoms in total. The minimum atomic E-state index is 0.00618. The van der Waals surface area contributed by atoms with E-state index in [1.807, 2.05) is 4.68 Å². The van der Waals surface area contributed by atoms with Crippen molar-refractivity contribution in [3.8, 4) is 0 Å². The summed E-state index contributed by atoms with van der Waals surface area (Å²) in [6.07, 6.45) is 2.77. The van der Waals surface area contributed by atoms with E-state index in [0.717, 1.165) is 25.2 Å². The van der Waals surface area contributed by atoms with Gasteiger partial charge < -0.3 is 10.1 Å². The second kappa shape index (κ2) is 7.43. The standard InChI is InChI=1S/C15H28ClN3O/c1-7-9-19-13(11(16)10-18-19)12(17-8-2)14(20-6)15(3,4)5/h10,12,14,17H,7-9H2,1-6H3. The van der Waals surface area contributed by atoms with E-state index in [1.54, 1.807) is 13.3 Å². The lowest BCUT2D eigenvalue weighted by Gasteiger charge is -2.36. The van der Waals surface area contributed by atoms with Crippen molar-refractivity contribution < 1.29 is 4.74 Å². The van der Waals surface area contributed by atoms with Gasteiger partial charge >= 0.3 is 0 Å². The van der Waals surface area contributed by atoms with Crippen molar-refractivity contribution in [1.82, 2.24) is 15.1 Å². The summed E-state index contributed by atoms with van der Waals surface area (Å²) in [6.45, 7) is 12.5. The van der Waals surface area contributed by atoms with E-state index < -0.39 is 0 Å². The molecule has 1 heterocycles. The SMILES string of the molecule is CCCn1ncc(Cl)c1C(NCC)C(OC)C(C)(C)C. The number of ether oxygens (including phenoxy) is 1. The van der Waals surface area contributed by atoms with Gasteiger partial charge in [-0.05, 0) is 18.4 Å². The Morgan fingerprint density at radius 1 is 1.40 bits per heavy atom. The van der Waals surface area contributed by atoms with Gasteiger partial charge in [-0.2, -0.15) is 5.10 Å². The molecule has 0 aromatic carbocycles. The number of aryl methyl sites for hydroxylation is 1. The molecule has 0 aliphatic heterocycles. The molecule has 0 bridgehead atoms. The maximum absolute atomic E-state index is 6.38. The predicted molar refractivity (Wildman–Crippen MR) is 84.2 cm³/mol. The Kier molecular flexibility index (Phi) is 6.49. The third-order valence-electron chi connectivity index (χ3n) is 3.40. The van der Waals surface area contributed by atoms with E-state index in [4.69, 9.17) is 16.3 Å². The molecule has 0 amide bonds. The first-order valence-electron chi connectivity index (χ1n) is 7.34. The average Bonchev–Trinajstić information content (AvgIpc) is 2.69. The molecule has 0 aliphatic carbocycles. The van der Waals surface area contributed by atoms with Gasteiger partial charge in [-0.3, -0.25) is 4.68 Å². The minimum absolute atomic E-state index is 0.00618. The first-order chi connectivity index (χ1) is 9.36. The number of hydrogen-bond acceptors (Lipinski definition) is 3. The zero-order chi connectivity index (χ0) is 15.3. The van der Waals surface area contributed by atoms with Gasteiger partial charge in [0.05, 0.1) is 29.1 Å². The molecule has 2 atom stereocenters. The summed E-state index contributed by atoms with van der Waals surface area (Å²) in [5.74, 6) is 0. The van der Waals surface area contributed by atoms with Crippen LogP contribution in [0.15, 0.2) is 6.20 Å². The Morgan fingerprint density at radius 2 is 2.05 bits per heavy atom. The summed E-state index contributed by atoms with van der Waals surface area (Å²) < 4.78 is 7.77. The third kappa shape index (κ3) is 3.96. The van der Waals surface area contributed by atoms with Crippen molar-refractivity contribution in [2.45, 2.75) is 59.7 Å². The van der Waals surface area contributed by atoms with Crippen LogP contribution in [0.3, 0.4) is 0 Å². The minimum Gasteiger partial charge on any atom is -0.379 e. The smallest absolute Gasteiger partial charge is 0.0835 e. The molecule has 0 saturated carbocycles. The number of nitrogens with zero attached hydrogens (tertiary/aromatic N) is 2. The van der Waals surface area contributed by atoms with Crippen LogP contribution in [0.25, 0.3) is 0 Å². The normalized spacial score (nSPS) is 15.3. The monoisotopic (exact) mass is 301 g/mol. The van der Waals surface area contributed by atoms with Gasteiger partial charge in [0.25, 0.3) is 0 Å². The maximum Gasteiger partial charge on any atom is 0.0835 e. The molecule has 1 N–H and O–H groups in total. The van der Waals surface area contributed by atoms with Crippen LogP contribution in [0.4, 0.5) is 0 Å². The second-order valence-electron chi connectivity index (χ2n) is 6.16. The van der Waals surface area contributed by atoms with Crippen molar-refractivity contribution in [1.29, 1.82) is 0 Å². The summed E-state index contributed by atoms with van der Waals surface area (Å²) in [6, 6.07) is 0.0338. The number of likely N-dealkylation sites (N-methyl/N-ethyl adjacent to an activating group) is 1. The van der Waals surface area contributed by atoms with Crippen molar-refractivity contribution >= 4 is 11.6 Å². The fraction of sp³-hybridized carbons (Fsp3) is 0.800. The molecule has 1 rings (SSSR count). The second-order valence-corrected chi connectivity index (χ2v) is 6.57. The number of nitrogens with one attached hydrogen (secondary N) is 1. The van der Waals surface area contributed by atoms with E-state index in [1.165, 1.54) is 0 Å². The quantitative estimate of drug-likeness (QED) is 0.835. The highest BCUT2D eigenvalue weighted by molar-refractivity contribution is 6.31. The Balaban J connectivity index is 3.22. The van der Waals surface area contributed by atoms with Crippen LogP contribution >= 0.6 is 11.6 Å². The van der Waals surface area contributed by atoms with Crippen molar-refractivity contribution in [3.05, 3.63) is 16.9 Å². The summed E-state index contributed by atoms with van der Waals surface area (Å²) in [5.41, 5.74) is 1.03. The number of halogens is 1. The zero-order valence-electron chi connectivity index (χ0n) is 13.5. The summed E-state index contributed by atoms with van der Waals surface area (Å²) in [7, 11) is 1.76. The van der Waals surface area contributed by atoms with Crippen molar-refractivity contribution in [2.24, 2.45) is 5.41 Å². The van der Waals surface area contributed by atoms with Crippen LogP contribution in [-0.2, 0) is 11.3 Å². The lowest BCUT2D eigenvalue weighted by atomic mass is 9.83. The molecule has 2 unspecified atom stereocenters. The van der Waals surface area contributed by atoms with Crippen LogP contribution in [0.5, 0.6) is 0 Å². The lowest BCUT2D eigenvalue weighted by molar-refractivity contribution is -0.0136. The topological polar surface area (TPSA) is 39.1 Å². The van der Waals surface area contributed by atoms with Crippen LogP contribution in [0, 0.1) is 5.41 Å². The molecule has 0 aliphatic rings. The van der Waals surface area contributed by atoms with Crippen LogP contribution in [-0.4, -0.2) is 29.5 Å². The Hall–Kier alpha value is -0.580. The summed E-state index contributed by atoms with van der Waals surface area (Å²) >= 11 is 6.38. The Bertz CT molecular complexity index is 412. The fourth-order valence-electron chi connectivity index (χ4n) is 2.63. The highest BCUT2D eigenvalue weighted by Gasteiger charge is 2.36. The highest BCUT2D eigenvalue weighted by Crippen LogP contribution is 2.35. The molecule has 20 heavy (non-hydrogen) atoms. The molecule has 0 fully saturated rings. The van der Waals surface area contributed by atoms with Gasteiger partial charge in [-0.15, -0.1) is 0 Å². The van der Waals surface area contributed by atoms with E-state index in [9.17, 15) is 0 Å². The van der Waals surface area contributed by atoms with E-state index in [2.05, 4.69) is 45.0 Å². The maximum atomic E-state index is 6.38. The van der Waals surface area contributed by atoms with Gasteiger partial charge in [0, 0.05) is 13.7 Å². The Labute approximate surface area is 127 Å². The van der Waals surface area contributed by atoms with Gasteiger partial charge in [-0.1, -0.05) is 46.2 Å². The Morgan fingerprint density at radius 3 is 2.50 bits per heavy atom. The van der Waals surface area contributed by atoms with Crippen molar-refractivity contribution in [3.63, 3.8) is 0 Å². The molecule has 1 aromatic rings. The van der Waals surface area contributed by atoms with Crippen LogP contribution in [0.2, 0.25) is 5.02 Å². The predicted octanol–water partition coefficient (Wildman–Crippen LogP) is 3.66. The summed E-state index contributed by atoms with van der Waals surface area (Å²) in [4.78, 5) is 0. The number of hydrogen-bond donors (Lipinski definition) is 1. The molecule has 0 saturated heterocycles. The van der Waals surface area contributed by atoms with Crippen LogP contribution in [0.1, 0.15) is 52.8 Å². The third-order valence-corrected chi connectivity index (χ3v) is 3.69. The van der Waals surface area contributed by atoms with Gasteiger partial charge in [0.15, 0.2) is 0 Å². The molecule has 1 aromatic heterocycles. The average molecular weight is 302 g/mol. The number of methoxy groups -OCH3 is 1. The molecule has 5 heteroatoms. The van der Waals surface area contributed by atoms with Gasteiger partial charge in [0.1, 0.15) is 0 Å². The van der Waals surface area contributed by atoms with Gasteiger partial charge in [-0.25, -0.2) is 0 Å².